The molecule has 2 rings (SSSR count). The van der Waals surface area contributed by atoms with E-state index in [0.29, 0.717) is 5.56 Å². The number of hydrogen-bond acceptors (Lipinski definition) is 5. The maximum Gasteiger partial charge on any atom is 0.176 e. The molecule has 2 aromatic rings. The molecule has 0 aliphatic carbocycles. The Kier molecular flexibility index (Phi) is 3.51. The molecule has 1 aromatic carbocycles. The van der Waals surface area contributed by atoms with E-state index >= 15 is 0 Å². The van der Waals surface area contributed by atoms with Crippen LogP contribution in [0.4, 0.5) is 0 Å². The van der Waals surface area contributed by atoms with Crippen LogP contribution in [0.3, 0.4) is 0 Å². The maximum atomic E-state index is 9.64. The van der Waals surface area contributed by atoms with Gasteiger partial charge in [0.2, 0.25) is 0 Å². The summed E-state index contributed by atoms with van der Waals surface area (Å²) in [4.78, 5) is 0. The first kappa shape index (κ1) is 12.7. The van der Waals surface area contributed by atoms with Gasteiger partial charge in [-0.2, -0.15) is 21.9 Å². The molecule has 0 spiro atoms. The summed E-state index contributed by atoms with van der Waals surface area (Å²) in [7, 11) is 0. The molecule has 0 bridgehead atoms. The van der Waals surface area contributed by atoms with Crippen molar-refractivity contribution in [2.45, 2.75) is 0 Å². The molecule has 5 heteroatoms. The molecule has 19 heavy (non-hydrogen) atoms. The molecule has 2 N–H and O–H groups in total. The van der Waals surface area contributed by atoms with Crippen molar-refractivity contribution >= 4 is 23.5 Å². The van der Waals surface area contributed by atoms with E-state index in [0.717, 1.165) is 11.6 Å². The molecular weight excluding hydrogens is 260 g/mol. The number of nitrogens with zero attached hydrogens (tertiary/aromatic N) is 2. The summed E-state index contributed by atoms with van der Waals surface area (Å²) < 4.78 is 0. The number of benzene rings is 1. The van der Waals surface area contributed by atoms with Gasteiger partial charge in [-0.25, -0.2) is 0 Å². The van der Waals surface area contributed by atoms with E-state index in [1.807, 2.05) is 22.9 Å². The Morgan fingerprint density at radius 1 is 1.16 bits per heavy atom. The van der Waals surface area contributed by atoms with Crippen LogP contribution in [-0.2, 0) is 0 Å². The summed E-state index contributed by atoms with van der Waals surface area (Å²) in [5, 5.41) is 41.0. The van der Waals surface area contributed by atoms with Gasteiger partial charge in [0.25, 0.3) is 0 Å². The van der Waals surface area contributed by atoms with Gasteiger partial charge in [0.1, 0.15) is 11.6 Å². The molecule has 0 aliphatic rings. The van der Waals surface area contributed by atoms with Crippen LogP contribution < -0.4 is 0 Å². The summed E-state index contributed by atoms with van der Waals surface area (Å²) in [6.45, 7) is 0. The molecule has 0 saturated heterocycles. The molecule has 0 amide bonds. The van der Waals surface area contributed by atoms with E-state index in [1.54, 1.807) is 18.2 Å². The van der Waals surface area contributed by atoms with Crippen molar-refractivity contribution in [1.82, 2.24) is 0 Å². The van der Waals surface area contributed by atoms with Gasteiger partial charge >= 0.3 is 0 Å². The van der Waals surface area contributed by atoms with Crippen molar-refractivity contribution in [3.8, 4) is 23.6 Å². The van der Waals surface area contributed by atoms with Gasteiger partial charge in [-0.05, 0) is 22.4 Å². The van der Waals surface area contributed by atoms with Gasteiger partial charge in [0.15, 0.2) is 11.5 Å². The molecule has 0 unspecified atom stereocenters. The van der Waals surface area contributed by atoms with Crippen molar-refractivity contribution in [2.24, 2.45) is 0 Å². The van der Waals surface area contributed by atoms with Crippen LogP contribution in [-0.4, -0.2) is 10.2 Å². The third-order valence-corrected chi connectivity index (χ3v) is 3.24. The fraction of sp³-hybridized carbons (Fsp3) is 0. The van der Waals surface area contributed by atoms with Crippen LogP contribution in [0.5, 0.6) is 11.5 Å². The van der Waals surface area contributed by atoms with E-state index in [4.69, 9.17) is 10.5 Å². The zero-order chi connectivity index (χ0) is 13.8. The normalized spacial score (nSPS) is 10.2. The van der Waals surface area contributed by atoms with E-state index < -0.39 is 11.5 Å². The molecule has 1 heterocycles. The van der Waals surface area contributed by atoms with Crippen LogP contribution in [0.1, 0.15) is 22.3 Å². The topological polar surface area (TPSA) is 88.0 Å². The summed E-state index contributed by atoms with van der Waals surface area (Å²) in [5.74, 6) is -0.979. The van der Waals surface area contributed by atoms with Crippen molar-refractivity contribution in [2.75, 3.05) is 0 Å². The maximum absolute atomic E-state index is 9.64. The van der Waals surface area contributed by atoms with Crippen molar-refractivity contribution in [3.63, 3.8) is 0 Å². The van der Waals surface area contributed by atoms with Gasteiger partial charge in [0, 0.05) is 11.6 Å². The Balaban J connectivity index is 2.59. The van der Waals surface area contributed by atoms with Gasteiger partial charge in [0.05, 0.1) is 11.6 Å². The molecule has 0 radical (unpaired) electrons. The third-order valence-electron chi connectivity index (χ3n) is 2.54. The van der Waals surface area contributed by atoms with Gasteiger partial charge in [-0.1, -0.05) is 12.2 Å². The fourth-order valence-electron chi connectivity index (χ4n) is 1.60. The molecule has 0 aliphatic heterocycles. The molecule has 0 atom stereocenters. The van der Waals surface area contributed by atoms with E-state index in [1.165, 1.54) is 11.3 Å². The first-order valence-corrected chi connectivity index (χ1v) is 6.21. The Bertz CT molecular complexity index is 719. The Hall–Kier alpha value is -2.76. The number of rotatable bonds is 2. The highest BCUT2D eigenvalue weighted by molar-refractivity contribution is 7.08. The lowest BCUT2D eigenvalue weighted by Crippen LogP contribution is -1.90. The average molecular weight is 268 g/mol. The van der Waals surface area contributed by atoms with E-state index in [2.05, 4.69) is 0 Å². The van der Waals surface area contributed by atoms with E-state index in [-0.39, 0.29) is 11.1 Å². The third kappa shape index (κ3) is 2.42. The molecule has 1 aromatic heterocycles. The minimum atomic E-state index is -0.508. The van der Waals surface area contributed by atoms with Gasteiger partial charge < -0.3 is 10.2 Å². The van der Waals surface area contributed by atoms with Crippen LogP contribution in [0.2, 0.25) is 0 Å². The van der Waals surface area contributed by atoms with Crippen molar-refractivity contribution in [1.29, 1.82) is 10.5 Å². The predicted octanol–water partition coefficient (Wildman–Crippen LogP) is 3.07. The molecule has 0 fully saturated rings. The minimum absolute atomic E-state index is 0.108. The Morgan fingerprint density at radius 3 is 2.53 bits per heavy atom. The number of phenolic OH excluding ortho intramolecular Hbond substituents is 2. The van der Waals surface area contributed by atoms with Crippen LogP contribution in [0, 0.1) is 22.7 Å². The highest BCUT2D eigenvalue weighted by atomic mass is 32.1. The minimum Gasteiger partial charge on any atom is -0.504 e. The first-order chi connectivity index (χ1) is 9.17. The number of nitriles is 2. The van der Waals surface area contributed by atoms with E-state index in [9.17, 15) is 10.2 Å². The fourth-order valence-corrected chi connectivity index (χ4v) is 2.23. The SMILES string of the molecule is N#Cc1cc(O)c(O)c(C#N)c1/C=C/c1ccsc1. The molecule has 92 valence electrons. The van der Waals surface area contributed by atoms with Crippen molar-refractivity contribution in [3.05, 3.63) is 45.1 Å². The average Bonchev–Trinajstić information content (AvgIpc) is 2.92. The molecule has 4 nitrogen and oxygen atoms in total. The quantitative estimate of drug-likeness (QED) is 0.819. The number of thiophene rings is 1. The molecular formula is C14H8N2O2S. The standard InChI is InChI=1S/C14H8N2O2S/c15-6-10-5-13(17)14(18)12(7-16)11(10)2-1-9-3-4-19-8-9/h1-5,8,17-18H/b2-1+. The van der Waals surface area contributed by atoms with Crippen LogP contribution in [0.25, 0.3) is 12.2 Å². The lowest BCUT2D eigenvalue weighted by molar-refractivity contribution is 0.402. The summed E-state index contributed by atoms with van der Waals surface area (Å²) >= 11 is 1.53. The predicted molar refractivity (Wildman–Crippen MR) is 72.4 cm³/mol. The van der Waals surface area contributed by atoms with Gasteiger partial charge in [-0.3, -0.25) is 0 Å². The first-order valence-electron chi connectivity index (χ1n) is 5.26. The van der Waals surface area contributed by atoms with Crippen LogP contribution in [0.15, 0.2) is 22.9 Å². The van der Waals surface area contributed by atoms with Gasteiger partial charge in [-0.15, -0.1) is 0 Å². The molecule has 0 saturated carbocycles. The second-order valence-corrected chi connectivity index (χ2v) is 4.47. The zero-order valence-electron chi connectivity index (χ0n) is 9.66. The highest BCUT2D eigenvalue weighted by Crippen LogP contribution is 2.34. The largest absolute Gasteiger partial charge is 0.504 e. The monoisotopic (exact) mass is 268 g/mol. The summed E-state index contributed by atoms with van der Waals surface area (Å²) in [6.07, 6.45) is 3.32. The number of hydrogen-bond donors (Lipinski definition) is 2. The van der Waals surface area contributed by atoms with Crippen LogP contribution >= 0.6 is 11.3 Å². The Morgan fingerprint density at radius 2 is 1.95 bits per heavy atom. The Labute approximate surface area is 113 Å². The number of aromatic hydroxyl groups is 2. The van der Waals surface area contributed by atoms with Crippen molar-refractivity contribution < 1.29 is 10.2 Å². The smallest absolute Gasteiger partial charge is 0.176 e. The lowest BCUT2D eigenvalue weighted by atomic mass is 9.99. The second-order valence-electron chi connectivity index (χ2n) is 3.69. The highest BCUT2D eigenvalue weighted by Gasteiger charge is 2.15. The lowest BCUT2D eigenvalue weighted by Gasteiger charge is -2.05. The second kappa shape index (κ2) is 5.26. The zero-order valence-corrected chi connectivity index (χ0v) is 10.5. The number of phenols is 2. The summed E-state index contributed by atoms with van der Waals surface area (Å²) in [6, 6.07) is 6.73. The summed E-state index contributed by atoms with van der Waals surface area (Å²) in [5.41, 5.74) is 1.26.